The lowest BCUT2D eigenvalue weighted by Gasteiger charge is -2.14. The topological polar surface area (TPSA) is 49.3 Å². The standard InChI is InChI=1S/C19H23ClF2N4.HI/c1-3-23-19(24-9-8-14-4-7-18(20)25-12-14)26-11-13(2)16-6-5-15(21)10-17(16)22;/h4-7,10,12-13H,3,8-9,11H2,1-2H3,(H2,23,24,26);1H. The van der Waals surface area contributed by atoms with Crippen molar-refractivity contribution in [1.82, 2.24) is 15.6 Å². The van der Waals surface area contributed by atoms with Crippen LogP contribution in [0, 0.1) is 11.6 Å². The predicted molar refractivity (Wildman–Crippen MR) is 117 cm³/mol. The van der Waals surface area contributed by atoms with Crippen molar-refractivity contribution in [2.24, 2.45) is 4.99 Å². The average Bonchev–Trinajstić information content (AvgIpc) is 2.61. The van der Waals surface area contributed by atoms with Gasteiger partial charge < -0.3 is 10.6 Å². The van der Waals surface area contributed by atoms with Crippen LogP contribution in [0.3, 0.4) is 0 Å². The van der Waals surface area contributed by atoms with Gasteiger partial charge in [0.2, 0.25) is 0 Å². The minimum absolute atomic E-state index is 0. The average molecular weight is 509 g/mol. The van der Waals surface area contributed by atoms with Gasteiger partial charge in [0.25, 0.3) is 0 Å². The van der Waals surface area contributed by atoms with E-state index in [2.05, 4.69) is 20.6 Å². The SMILES string of the molecule is CCNC(=NCC(C)c1ccc(F)cc1F)NCCc1ccc(Cl)nc1.I. The van der Waals surface area contributed by atoms with E-state index in [-0.39, 0.29) is 29.9 Å². The number of guanidine groups is 1. The van der Waals surface area contributed by atoms with Crippen LogP contribution in [-0.2, 0) is 6.42 Å². The Labute approximate surface area is 180 Å². The molecule has 0 saturated carbocycles. The van der Waals surface area contributed by atoms with Gasteiger partial charge in [-0.2, -0.15) is 0 Å². The van der Waals surface area contributed by atoms with Crippen LogP contribution in [0.2, 0.25) is 5.15 Å². The van der Waals surface area contributed by atoms with E-state index in [0.29, 0.717) is 36.3 Å². The van der Waals surface area contributed by atoms with Gasteiger partial charge in [0.05, 0.1) is 0 Å². The Morgan fingerprint density at radius 1 is 1.22 bits per heavy atom. The summed E-state index contributed by atoms with van der Waals surface area (Å²) in [6, 6.07) is 7.33. The summed E-state index contributed by atoms with van der Waals surface area (Å²) in [7, 11) is 0. The third-order valence-electron chi connectivity index (χ3n) is 3.86. The van der Waals surface area contributed by atoms with E-state index in [4.69, 9.17) is 11.6 Å². The molecule has 1 aromatic carbocycles. The summed E-state index contributed by atoms with van der Waals surface area (Å²) in [5, 5.41) is 6.87. The Hall–Kier alpha value is -1.48. The van der Waals surface area contributed by atoms with Crippen molar-refractivity contribution in [3.8, 4) is 0 Å². The molecule has 2 aromatic rings. The van der Waals surface area contributed by atoms with Crippen LogP contribution in [0.1, 0.15) is 30.9 Å². The number of hydrogen-bond acceptors (Lipinski definition) is 2. The second-order valence-corrected chi connectivity index (χ2v) is 6.34. The fraction of sp³-hybridized carbons (Fsp3) is 0.368. The van der Waals surface area contributed by atoms with E-state index in [1.807, 2.05) is 19.9 Å². The van der Waals surface area contributed by atoms with Crippen LogP contribution >= 0.6 is 35.6 Å². The first-order valence-corrected chi connectivity index (χ1v) is 8.95. The maximum absolute atomic E-state index is 13.9. The molecule has 1 heterocycles. The molecule has 148 valence electrons. The number of hydrogen-bond donors (Lipinski definition) is 2. The molecule has 27 heavy (non-hydrogen) atoms. The van der Waals surface area contributed by atoms with Crippen molar-refractivity contribution in [1.29, 1.82) is 0 Å². The molecule has 8 heteroatoms. The lowest BCUT2D eigenvalue weighted by atomic mass is 10.0. The molecule has 2 rings (SSSR count). The quantitative estimate of drug-likeness (QED) is 0.250. The van der Waals surface area contributed by atoms with E-state index in [9.17, 15) is 8.78 Å². The van der Waals surface area contributed by atoms with Crippen LogP contribution in [0.25, 0.3) is 0 Å². The molecule has 1 unspecified atom stereocenters. The lowest BCUT2D eigenvalue weighted by Crippen LogP contribution is -2.38. The summed E-state index contributed by atoms with van der Waals surface area (Å²) in [6.45, 7) is 5.62. The van der Waals surface area contributed by atoms with E-state index >= 15 is 0 Å². The van der Waals surface area contributed by atoms with Crippen LogP contribution < -0.4 is 10.6 Å². The molecule has 0 radical (unpaired) electrons. The molecule has 0 bridgehead atoms. The number of benzene rings is 1. The maximum Gasteiger partial charge on any atom is 0.191 e. The van der Waals surface area contributed by atoms with Gasteiger partial charge in [0, 0.05) is 37.8 Å². The molecule has 0 amide bonds. The van der Waals surface area contributed by atoms with E-state index in [0.717, 1.165) is 18.1 Å². The van der Waals surface area contributed by atoms with Crippen molar-refractivity contribution in [3.05, 3.63) is 64.4 Å². The number of aliphatic imine (C=N–C) groups is 1. The normalized spacial score (nSPS) is 12.3. The van der Waals surface area contributed by atoms with Crippen LogP contribution in [-0.4, -0.2) is 30.6 Å². The first-order chi connectivity index (χ1) is 12.5. The molecule has 0 fully saturated rings. The van der Waals surface area contributed by atoms with E-state index < -0.39 is 11.6 Å². The van der Waals surface area contributed by atoms with Gasteiger partial charge in [-0.1, -0.05) is 30.7 Å². The number of pyridine rings is 1. The highest BCUT2D eigenvalue weighted by molar-refractivity contribution is 14.0. The monoisotopic (exact) mass is 508 g/mol. The molecule has 1 atom stereocenters. The smallest absolute Gasteiger partial charge is 0.191 e. The summed E-state index contributed by atoms with van der Waals surface area (Å²) < 4.78 is 26.9. The lowest BCUT2D eigenvalue weighted by molar-refractivity contribution is 0.560. The van der Waals surface area contributed by atoms with Crippen molar-refractivity contribution in [2.45, 2.75) is 26.2 Å². The highest BCUT2D eigenvalue weighted by Crippen LogP contribution is 2.20. The van der Waals surface area contributed by atoms with Gasteiger partial charge in [-0.3, -0.25) is 4.99 Å². The minimum atomic E-state index is -0.575. The number of rotatable bonds is 7. The van der Waals surface area contributed by atoms with E-state index in [1.54, 1.807) is 12.3 Å². The summed E-state index contributed by atoms with van der Waals surface area (Å²) in [4.78, 5) is 8.55. The zero-order chi connectivity index (χ0) is 18.9. The van der Waals surface area contributed by atoms with Crippen molar-refractivity contribution in [2.75, 3.05) is 19.6 Å². The maximum atomic E-state index is 13.9. The van der Waals surface area contributed by atoms with Gasteiger partial charge in [-0.05, 0) is 36.6 Å². The van der Waals surface area contributed by atoms with Gasteiger partial charge >= 0.3 is 0 Å². The molecule has 0 aliphatic heterocycles. The second kappa shape index (κ2) is 12.1. The van der Waals surface area contributed by atoms with Gasteiger partial charge in [-0.15, -0.1) is 24.0 Å². The molecule has 0 aliphatic rings. The zero-order valence-corrected chi connectivity index (χ0v) is 18.4. The largest absolute Gasteiger partial charge is 0.357 e. The number of nitrogens with zero attached hydrogens (tertiary/aromatic N) is 2. The van der Waals surface area contributed by atoms with Gasteiger partial charge in [0.15, 0.2) is 5.96 Å². The fourth-order valence-electron chi connectivity index (χ4n) is 2.45. The number of halogens is 4. The number of nitrogens with one attached hydrogen (secondary N) is 2. The summed E-state index contributed by atoms with van der Waals surface area (Å²) >= 11 is 5.78. The molecule has 2 N–H and O–H groups in total. The third-order valence-corrected chi connectivity index (χ3v) is 4.08. The summed E-state index contributed by atoms with van der Waals surface area (Å²) in [6.07, 6.45) is 2.52. The zero-order valence-electron chi connectivity index (χ0n) is 15.3. The highest BCUT2D eigenvalue weighted by atomic mass is 127. The third kappa shape index (κ3) is 7.96. The molecular formula is C19H24ClF2IN4. The van der Waals surface area contributed by atoms with Gasteiger partial charge in [-0.25, -0.2) is 13.8 Å². The Morgan fingerprint density at radius 3 is 2.63 bits per heavy atom. The van der Waals surface area contributed by atoms with Gasteiger partial charge in [0.1, 0.15) is 16.8 Å². The fourth-order valence-corrected chi connectivity index (χ4v) is 2.56. The van der Waals surface area contributed by atoms with Crippen molar-refractivity contribution >= 4 is 41.5 Å². The number of aromatic nitrogens is 1. The van der Waals surface area contributed by atoms with Crippen LogP contribution in [0.4, 0.5) is 8.78 Å². The summed E-state index contributed by atoms with van der Waals surface area (Å²) in [5.74, 6) is -0.621. The second-order valence-electron chi connectivity index (χ2n) is 5.95. The van der Waals surface area contributed by atoms with Crippen LogP contribution in [0.5, 0.6) is 0 Å². The Morgan fingerprint density at radius 2 is 2.00 bits per heavy atom. The van der Waals surface area contributed by atoms with Crippen molar-refractivity contribution in [3.63, 3.8) is 0 Å². The Balaban J connectivity index is 0.00000364. The van der Waals surface area contributed by atoms with Crippen molar-refractivity contribution < 1.29 is 8.78 Å². The minimum Gasteiger partial charge on any atom is -0.357 e. The molecular weight excluding hydrogens is 485 g/mol. The first-order valence-electron chi connectivity index (χ1n) is 8.57. The molecule has 0 spiro atoms. The Kier molecular flexibility index (Phi) is 10.5. The summed E-state index contributed by atoms with van der Waals surface area (Å²) in [5.41, 5.74) is 1.53. The first kappa shape index (κ1) is 23.6. The highest BCUT2D eigenvalue weighted by Gasteiger charge is 2.11. The van der Waals surface area contributed by atoms with Crippen LogP contribution in [0.15, 0.2) is 41.5 Å². The molecule has 0 aliphatic carbocycles. The predicted octanol–water partition coefficient (Wildman–Crippen LogP) is 4.53. The van der Waals surface area contributed by atoms with E-state index in [1.165, 1.54) is 12.1 Å². The Bertz CT molecular complexity index is 741. The molecule has 1 aromatic heterocycles. The molecule has 0 saturated heterocycles. The molecule has 4 nitrogen and oxygen atoms in total.